The van der Waals surface area contributed by atoms with Gasteiger partial charge in [0.1, 0.15) is 0 Å². The van der Waals surface area contributed by atoms with Gasteiger partial charge in [0.15, 0.2) is 0 Å². The first-order valence-corrected chi connectivity index (χ1v) is 6.76. The number of nitrogens with one attached hydrogen (secondary N) is 1. The summed E-state index contributed by atoms with van der Waals surface area (Å²) in [4.78, 5) is 0. The minimum atomic E-state index is 0.820. The third-order valence-corrected chi connectivity index (χ3v) is 4.30. The van der Waals surface area contributed by atoms with Gasteiger partial charge in [-0.05, 0) is 36.3 Å². The minimum absolute atomic E-state index is 0.820. The average Bonchev–Trinajstić information content (AvgIpc) is 2.82. The van der Waals surface area contributed by atoms with Crippen LogP contribution in [-0.2, 0) is 0 Å². The van der Waals surface area contributed by atoms with Crippen molar-refractivity contribution in [2.75, 3.05) is 11.9 Å². The molecule has 1 aliphatic carbocycles. The van der Waals surface area contributed by atoms with E-state index in [1.165, 1.54) is 44.2 Å². The maximum Gasteiger partial charge on any atom is 0.0375 e. The summed E-state index contributed by atoms with van der Waals surface area (Å²) in [5, 5.41) is 3.52. The van der Waals surface area contributed by atoms with Crippen molar-refractivity contribution in [2.24, 2.45) is 5.92 Å². The molecule has 0 bridgehead atoms. The van der Waals surface area contributed by atoms with E-state index in [0.717, 1.165) is 18.4 Å². The lowest BCUT2D eigenvalue weighted by atomic mass is 9.83. The molecule has 1 N–H and O–H groups in total. The molecule has 86 valence electrons. The second kappa shape index (κ2) is 4.48. The zero-order chi connectivity index (χ0) is 10.8. The van der Waals surface area contributed by atoms with Crippen molar-refractivity contribution in [3.63, 3.8) is 0 Å². The molecule has 16 heavy (non-hydrogen) atoms. The molecular weight excluding hydrogens is 194 g/mol. The summed E-state index contributed by atoms with van der Waals surface area (Å²) >= 11 is 0. The summed E-state index contributed by atoms with van der Waals surface area (Å²) in [6.45, 7) is 1.16. The number of hydrogen-bond donors (Lipinski definition) is 1. The van der Waals surface area contributed by atoms with E-state index in [2.05, 4.69) is 29.6 Å². The Labute approximate surface area is 98.3 Å². The van der Waals surface area contributed by atoms with Crippen LogP contribution < -0.4 is 5.32 Å². The summed E-state index contributed by atoms with van der Waals surface area (Å²) in [7, 11) is 0. The maximum absolute atomic E-state index is 3.52. The molecule has 1 unspecified atom stereocenters. The number of anilines is 1. The molecule has 1 aliphatic heterocycles. The molecular formula is C15H21N. The van der Waals surface area contributed by atoms with Gasteiger partial charge in [-0.25, -0.2) is 0 Å². The number of fused-ring (bicyclic) bond motifs is 1. The second-order valence-electron chi connectivity index (χ2n) is 5.39. The van der Waals surface area contributed by atoms with Gasteiger partial charge < -0.3 is 5.32 Å². The number of para-hydroxylation sites is 1. The van der Waals surface area contributed by atoms with Crippen LogP contribution in [-0.4, -0.2) is 6.54 Å². The first kappa shape index (κ1) is 10.2. The molecule has 3 rings (SSSR count). The predicted octanol–water partition coefficient (Wildman–Crippen LogP) is 4.17. The molecule has 1 heterocycles. The molecule has 1 heteroatoms. The average molecular weight is 215 g/mol. The van der Waals surface area contributed by atoms with Gasteiger partial charge in [-0.3, -0.25) is 0 Å². The third-order valence-electron chi connectivity index (χ3n) is 4.30. The molecule has 1 nitrogen and oxygen atoms in total. The zero-order valence-electron chi connectivity index (χ0n) is 9.91. The highest BCUT2D eigenvalue weighted by molar-refractivity contribution is 5.54. The lowest BCUT2D eigenvalue weighted by Crippen LogP contribution is -2.18. The van der Waals surface area contributed by atoms with Crippen molar-refractivity contribution >= 4 is 5.69 Å². The Bertz CT molecular complexity index is 352. The Hall–Kier alpha value is -0.980. The van der Waals surface area contributed by atoms with Crippen LogP contribution in [0.15, 0.2) is 24.3 Å². The van der Waals surface area contributed by atoms with Crippen molar-refractivity contribution in [2.45, 2.75) is 44.4 Å². The Balaban J connectivity index is 1.76. The fraction of sp³-hybridized carbons (Fsp3) is 0.600. The number of hydrogen-bond acceptors (Lipinski definition) is 1. The normalized spacial score (nSPS) is 25.1. The van der Waals surface area contributed by atoms with Crippen LogP contribution in [0.2, 0.25) is 0 Å². The highest BCUT2D eigenvalue weighted by Crippen LogP contribution is 2.39. The number of rotatable bonds is 2. The predicted molar refractivity (Wildman–Crippen MR) is 68.9 cm³/mol. The van der Waals surface area contributed by atoms with E-state index in [-0.39, 0.29) is 0 Å². The first-order chi connectivity index (χ1) is 7.93. The van der Waals surface area contributed by atoms with Crippen LogP contribution in [0.5, 0.6) is 0 Å². The highest BCUT2D eigenvalue weighted by atomic mass is 14.9. The lowest BCUT2D eigenvalue weighted by molar-refractivity contribution is 0.429. The lowest BCUT2D eigenvalue weighted by Gasteiger charge is -2.28. The third kappa shape index (κ3) is 1.95. The van der Waals surface area contributed by atoms with Gasteiger partial charge in [0.25, 0.3) is 0 Å². The van der Waals surface area contributed by atoms with Crippen LogP contribution in [0.1, 0.15) is 50.0 Å². The minimum Gasteiger partial charge on any atom is -0.385 e. The van der Waals surface area contributed by atoms with Gasteiger partial charge in [0.2, 0.25) is 0 Å². The van der Waals surface area contributed by atoms with E-state index in [1.807, 2.05) is 0 Å². The van der Waals surface area contributed by atoms with Crippen molar-refractivity contribution in [3.8, 4) is 0 Å². The highest BCUT2D eigenvalue weighted by Gasteiger charge is 2.24. The fourth-order valence-corrected chi connectivity index (χ4v) is 3.44. The second-order valence-corrected chi connectivity index (χ2v) is 5.39. The Morgan fingerprint density at radius 3 is 2.75 bits per heavy atom. The van der Waals surface area contributed by atoms with Crippen molar-refractivity contribution in [1.82, 2.24) is 0 Å². The zero-order valence-corrected chi connectivity index (χ0v) is 9.91. The van der Waals surface area contributed by atoms with E-state index in [4.69, 9.17) is 0 Å². The summed E-state index contributed by atoms with van der Waals surface area (Å²) in [5.41, 5.74) is 2.96. The Kier molecular flexibility index (Phi) is 2.86. The van der Waals surface area contributed by atoms with Crippen LogP contribution >= 0.6 is 0 Å². The van der Waals surface area contributed by atoms with E-state index in [1.54, 1.807) is 5.56 Å². The van der Waals surface area contributed by atoms with Gasteiger partial charge in [-0.15, -0.1) is 0 Å². The van der Waals surface area contributed by atoms with Crippen LogP contribution in [0.4, 0.5) is 5.69 Å². The van der Waals surface area contributed by atoms with Crippen molar-refractivity contribution in [3.05, 3.63) is 29.8 Å². The van der Waals surface area contributed by atoms with Gasteiger partial charge in [-0.2, -0.15) is 0 Å². The molecule has 0 saturated heterocycles. The van der Waals surface area contributed by atoms with Gasteiger partial charge in [0.05, 0.1) is 0 Å². The summed E-state index contributed by atoms with van der Waals surface area (Å²) < 4.78 is 0. The summed E-state index contributed by atoms with van der Waals surface area (Å²) in [6.07, 6.45) is 8.65. The van der Waals surface area contributed by atoms with Gasteiger partial charge in [-0.1, -0.05) is 43.9 Å². The molecule has 0 radical (unpaired) electrons. The Morgan fingerprint density at radius 1 is 1.06 bits per heavy atom. The van der Waals surface area contributed by atoms with Crippen LogP contribution in [0, 0.1) is 5.92 Å². The summed E-state index contributed by atoms with van der Waals surface area (Å²) in [5.74, 6) is 1.83. The molecule has 0 spiro atoms. The molecule has 1 aromatic rings. The first-order valence-electron chi connectivity index (χ1n) is 6.76. The number of benzene rings is 1. The van der Waals surface area contributed by atoms with Crippen molar-refractivity contribution < 1.29 is 0 Å². The SMILES string of the molecule is c1ccc2c(c1)NCCC2CC1CCCC1. The van der Waals surface area contributed by atoms with Crippen LogP contribution in [0.25, 0.3) is 0 Å². The quantitative estimate of drug-likeness (QED) is 0.781. The molecule has 0 amide bonds. The molecule has 1 atom stereocenters. The fourth-order valence-electron chi connectivity index (χ4n) is 3.44. The maximum atomic E-state index is 3.52. The largest absolute Gasteiger partial charge is 0.385 e. The smallest absolute Gasteiger partial charge is 0.0375 e. The summed E-state index contributed by atoms with van der Waals surface area (Å²) in [6, 6.07) is 8.88. The van der Waals surface area contributed by atoms with Crippen molar-refractivity contribution in [1.29, 1.82) is 0 Å². The van der Waals surface area contributed by atoms with E-state index >= 15 is 0 Å². The van der Waals surface area contributed by atoms with Gasteiger partial charge in [0, 0.05) is 12.2 Å². The van der Waals surface area contributed by atoms with E-state index in [0.29, 0.717) is 0 Å². The Morgan fingerprint density at radius 2 is 1.88 bits per heavy atom. The molecule has 1 saturated carbocycles. The molecule has 1 aromatic carbocycles. The van der Waals surface area contributed by atoms with E-state index in [9.17, 15) is 0 Å². The molecule has 1 fully saturated rings. The van der Waals surface area contributed by atoms with Crippen LogP contribution in [0.3, 0.4) is 0 Å². The molecule has 2 aliphatic rings. The topological polar surface area (TPSA) is 12.0 Å². The van der Waals surface area contributed by atoms with E-state index < -0.39 is 0 Å². The standard InChI is InChI=1S/C15H21N/c1-2-6-12(5-1)11-13-9-10-16-15-8-4-3-7-14(13)15/h3-4,7-8,12-13,16H,1-2,5-6,9-11H2. The molecule has 0 aromatic heterocycles. The van der Waals surface area contributed by atoms with Gasteiger partial charge >= 0.3 is 0 Å². The monoisotopic (exact) mass is 215 g/mol.